The number of carbonyl (C=O) groups is 1. The molecule has 0 aliphatic carbocycles. The number of Topliss-reactive ketones (excluding diaryl/α,β-unsaturated/α-hetero) is 1. The molecule has 0 amide bonds. The Morgan fingerprint density at radius 3 is 2.69 bits per heavy atom. The van der Waals surface area contributed by atoms with E-state index in [2.05, 4.69) is 22.4 Å². The lowest BCUT2D eigenvalue weighted by atomic mass is 10.1. The van der Waals surface area contributed by atoms with E-state index in [4.69, 9.17) is 4.74 Å². The molecular weight excluding hydrogens is 360 g/mol. The van der Waals surface area contributed by atoms with Crippen LogP contribution in [-0.2, 0) is 13.2 Å². The molecule has 0 spiro atoms. The molecule has 144 valence electrons. The number of aromatic nitrogens is 1. The number of nitrogens with zero attached hydrogens (tertiary/aromatic N) is 1. The van der Waals surface area contributed by atoms with Crippen molar-refractivity contribution < 1.29 is 9.53 Å². The molecule has 0 saturated heterocycles. The fraction of sp³-hybridized carbons (Fsp3) is 0.120. The lowest BCUT2D eigenvalue weighted by Crippen LogP contribution is -2.02. The lowest BCUT2D eigenvalue weighted by Gasteiger charge is -2.11. The summed E-state index contributed by atoms with van der Waals surface area (Å²) in [4.78, 5) is 16.2. The Kier molecular flexibility index (Phi) is 5.52. The number of rotatable bonds is 7. The van der Waals surface area contributed by atoms with E-state index in [1.807, 2.05) is 72.8 Å². The zero-order valence-electron chi connectivity index (χ0n) is 16.3. The molecule has 0 unspecified atom stereocenters. The van der Waals surface area contributed by atoms with E-state index in [-0.39, 0.29) is 5.78 Å². The third kappa shape index (κ3) is 4.79. The maximum absolute atomic E-state index is 11.5. The second-order valence-corrected chi connectivity index (χ2v) is 6.92. The summed E-state index contributed by atoms with van der Waals surface area (Å²) in [5.41, 5.74) is 4.61. The Labute approximate surface area is 170 Å². The van der Waals surface area contributed by atoms with Crippen LogP contribution in [0.15, 0.2) is 84.9 Å². The van der Waals surface area contributed by atoms with Gasteiger partial charge in [-0.1, -0.05) is 48.5 Å². The van der Waals surface area contributed by atoms with Crippen molar-refractivity contribution in [3.8, 4) is 5.75 Å². The van der Waals surface area contributed by atoms with Crippen molar-refractivity contribution in [1.82, 2.24) is 4.98 Å². The molecular formula is C25H22N2O2. The number of benzene rings is 3. The van der Waals surface area contributed by atoms with Crippen LogP contribution in [0.1, 0.15) is 28.5 Å². The van der Waals surface area contributed by atoms with Gasteiger partial charge in [-0.15, -0.1) is 0 Å². The highest BCUT2D eigenvalue weighted by molar-refractivity contribution is 5.94. The van der Waals surface area contributed by atoms with Crippen molar-refractivity contribution in [2.45, 2.75) is 20.1 Å². The molecule has 0 atom stereocenters. The van der Waals surface area contributed by atoms with Gasteiger partial charge in [0, 0.05) is 22.7 Å². The first-order valence-electron chi connectivity index (χ1n) is 9.59. The van der Waals surface area contributed by atoms with E-state index in [1.54, 1.807) is 6.92 Å². The Bertz CT molecular complexity index is 1150. The number of nitrogens with one attached hydrogen (secondary N) is 1. The first-order chi connectivity index (χ1) is 14.2. The zero-order chi connectivity index (χ0) is 20.1. The van der Waals surface area contributed by atoms with Gasteiger partial charge in [0.1, 0.15) is 12.4 Å². The van der Waals surface area contributed by atoms with E-state index in [9.17, 15) is 4.79 Å². The van der Waals surface area contributed by atoms with Crippen LogP contribution in [0.5, 0.6) is 5.75 Å². The molecule has 4 nitrogen and oxygen atoms in total. The van der Waals surface area contributed by atoms with Gasteiger partial charge in [-0.05, 0) is 42.8 Å². The van der Waals surface area contributed by atoms with Crippen LogP contribution in [-0.4, -0.2) is 10.8 Å². The number of hydrogen-bond donors (Lipinski definition) is 1. The third-order valence-electron chi connectivity index (χ3n) is 4.70. The highest BCUT2D eigenvalue weighted by Crippen LogP contribution is 2.20. The summed E-state index contributed by atoms with van der Waals surface area (Å²) in [7, 11) is 0. The summed E-state index contributed by atoms with van der Waals surface area (Å²) in [6.07, 6.45) is 0. The maximum Gasteiger partial charge on any atom is 0.159 e. The molecule has 4 aromatic rings. The summed E-state index contributed by atoms with van der Waals surface area (Å²) in [5, 5.41) is 4.54. The number of para-hydroxylation sites is 1. The van der Waals surface area contributed by atoms with Crippen LogP contribution < -0.4 is 10.1 Å². The molecule has 0 aliphatic heterocycles. The summed E-state index contributed by atoms with van der Waals surface area (Å²) >= 11 is 0. The monoisotopic (exact) mass is 382 g/mol. The highest BCUT2D eigenvalue weighted by Gasteiger charge is 2.03. The summed E-state index contributed by atoms with van der Waals surface area (Å²) in [6, 6.07) is 27.6. The van der Waals surface area contributed by atoms with Crippen molar-refractivity contribution in [1.29, 1.82) is 0 Å². The normalized spacial score (nSPS) is 10.7. The quantitative estimate of drug-likeness (QED) is 0.421. The van der Waals surface area contributed by atoms with Crippen molar-refractivity contribution in [3.63, 3.8) is 0 Å². The van der Waals surface area contributed by atoms with E-state index in [0.29, 0.717) is 18.7 Å². The lowest BCUT2D eigenvalue weighted by molar-refractivity contribution is 0.101. The van der Waals surface area contributed by atoms with Gasteiger partial charge < -0.3 is 10.1 Å². The molecule has 4 rings (SSSR count). The predicted octanol–water partition coefficient (Wildman–Crippen LogP) is 5.63. The van der Waals surface area contributed by atoms with Gasteiger partial charge in [-0.3, -0.25) is 9.78 Å². The van der Waals surface area contributed by atoms with Crippen LogP contribution >= 0.6 is 0 Å². The fourth-order valence-electron chi connectivity index (χ4n) is 3.14. The maximum atomic E-state index is 11.5. The largest absolute Gasteiger partial charge is 0.489 e. The average Bonchev–Trinajstić information content (AvgIpc) is 2.76. The molecule has 0 aliphatic rings. The number of hydrogen-bond acceptors (Lipinski definition) is 4. The number of fused-ring (bicyclic) bond motifs is 1. The number of carbonyl (C=O) groups excluding carboxylic acids is 1. The minimum Gasteiger partial charge on any atom is -0.489 e. The Hall–Kier alpha value is -3.66. The first-order valence-corrected chi connectivity index (χ1v) is 9.59. The van der Waals surface area contributed by atoms with Crippen LogP contribution in [0.3, 0.4) is 0 Å². The molecule has 29 heavy (non-hydrogen) atoms. The molecule has 0 fully saturated rings. The molecule has 1 N–H and O–H groups in total. The molecule has 0 bridgehead atoms. The number of ether oxygens (including phenoxy) is 1. The van der Waals surface area contributed by atoms with Gasteiger partial charge >= 0.3 is 0 Å². The van der Waals surface area contributed by atoms with Crippen LogP contribution in [0, 0.1) is 0 Å². The molecule has 3 aromatic carbocycles. The average molecular weight is 382 g/mol. The van der Waals surface area contributed by atoms with Crippen LogP contribution in [0.2, 0.25) is 0 Å². The van der Waals surface area contributed by atoms with Crippen molar-refractivity contribution in [2.24, 2.45) is 0 Å². The van der Waals surface area contributed by atoms with Gasteiger partial charge in [-0.2, -0.15) is 0 Å². The topological polar surface area (TPSA) is 51.2 Å². The van der Waals surface area contributed by atoms with Gasteiger partial charge in [0.15, 0.2) is 5.78 Å². The number of anilines is 1. The second-order valence-electron chi connectivity index (χ2n) is 6.92. The summed E-state index contributed by atoms with van der Waals surface area (Å²) < 4.78 is 5.91. The highest BCUT2D eigenvalue weighted by atomic mass is 16.5. The van der Waals surface area contributed by atoms with Crippen LogP contribution in [0.4, 0.5) is 5.69 Å². The standard InChI is InChI=1S/C25H22N2O2/c1-18(28)21-8-4-6-19(14-21)17-29-24-10-5-9-22(15-24)26-16-23-13-12-20-7-2-3-11-25(20)27-23/h2-15,26H,16-17H2,1H3. The van der Waals surface area contributed by atoms with Crippen molar-refractivity contribution in [2.75, 3.05) is 5.32 Å². The Balaban J connectivity index is 1.39. The second kappa shape index (κ2) is 8.57. The van der Waals surface area contributed by atoms with Gasteiger partial charge in [0.2, 0.25) is 0 Å². The van der Waals surface area contributed by atoms with Crippen LogP contribution in [0.25, 0.3) is 10.9 Å². The molecule has 1 aromatic heterocycles. The summed E-state index contributed by atoms with van der Waals surface area (Å²) in [6.45, 7) is 2.62. The first kappa shape index (κ1) is 18.7. The number of pyridine rings is 1. The summed E-state index contributed by atoms with van der Waals surface area (Å²) in [5.74, 6) is 0.829. The van der Waals surface area contributed by atoms with E-state index in [1.165, 1.54) is 0 Å². The molecule has 4 heteroatoms. The van der Waals surface area contributed by atoms with E-state index < -0.39 is 0 Å². The van der Waals surface area contributed by atoms with Gasteiger partial charge in [0.25, 0.3) is 0 Å². The van der Waals surface area contributed by atoms with Gasteiger partial charge in [0.05, 0.1) is 17.8 Å². The third-order valence-corrected chi connectivity index (χ3v) is 4.70. The van der Waals surface area contributed by atoms with Crippen molar-refractivity contribution in [3.05, 3.63) is 102 Å². The predicted molar refractivity (Wildman–Crippen MR) is 116 cm³/mol. The Morgan fingerprint density at radius 2 is 1.79 bits per heavy atom. The minimum absolute atomic E-state index is 0.0559. The van der Waals surface area contributed by atoms with E-state index >= 15 is 0 Å². The Morgan fingerprint density at radius 1 is 0.931 bits per heavy atom. The molecule has 1 heterocycles. The number of ketones is 1. The molecule has 0 saturated carbocycles. The zero-order valence-corrected chi connectivity index (χ0v) is 16.3. The van der Waals surface area contributed by atoms with Crippen molar-refractivity contribution >= 4 is 22.4 Å². The minimum atomic E-state index is 0.0559. The SMILES string of the molecule is CC(=O)c1cccc(COc2cccc(NCc3ccc4ccccc4n3)c2)c1. The molecule has 0 radical (unpaired) electrons. The van der Waals surface area contributed by atoms with Gasteiger partial charge in [-0.25, -0.2) is 0 Å². The smallest absolute Gasteiger partial charge is 0.159 e. The fourth-order valence-corrected chi connectivity index (χ4v) is 3.14. The van der Waals surface area contributed by atoms with E-state index in [0.717, 1.165) is 33.6 Å².